The molecular weight excluding hydrogens is 400 g/mol. The van der Waals surface area contributed by atoms with Crippen molar-refractivity contribution in [2.45, 2.75) is 37.2 Å². The average molecular weight is 422 g/mol. The van der Waals surface area contributed by atoms with Gasteiger partial charge in [0.25, 0.3) is 5.69 Å². The molecule has 1 unspecified atom stereocenters. The van der Waals surface area contributed by atoms with Crippen LogP contribution in [0.25, 0.3) is 0 Å². The van der Waals surface area contributed by atoms with E-state index in [2.05, 4.69) is 15.5 Å². The van der Waals surface area contributed by atoms with Gasteiger partial charge in [0, 0.05) is 38.2 Å². The maximum atomic E-state index is 13.2. The SMILES string of the molecule is CC(Nc1ccc([N+](=O)[O-])cc1S(=O)(=O)N1CCOCC1)c1nnc2n1CCC2. The molecule has 0 radical (unpaired) electrons. The van der Waals surface area contributed by atoms with E-state index >= 15 is 0 Å². The van der Waals surface area contributed by atoms with E-state index in [-0.39, 0.29) is 29.7 Å². The first kappa shape index (κ1) is 19.7. The molecule has 2 aliphatic rings. The minimum atomic E-state index is -3.93. The maximum absolute atomic E-state index is 13.2. The molecule has 0 spiro atoms. The van der Waals surface area contributed by atoms with Crippen LogP contribution in [-0.4, -0.2) is 58.7 Å². The molecule has 1 N–H and O–H groups in total. The molecule has 2 aromatic rings. The van der Waals surface area contributed by atoms with E-state index in [9.17, 15) is 18.5 Å². The standard InChI is InChI=1S/C17H22N6O5S/c1-12(17-20-19-16-3-2-6-22(16)17)18-14-5-4-13(23(24)25)11-15(14)29(26,27)21-7-9-28-10-8-21/h4-5,11-12,18H,2-3,6-10H2,1H3. The molecule has 1 saturated heterocycles. The number of ether oxygens (including phenoxy) is 1. The monoisotopic (exact) mass is 422 g/mol. The Bertz CT molecular complexity index is 1030. The highest BCUT2D eigenvalue weighted by Gasteiger charge is 2.31. The number of fused-ring (bicyclic) bond motifs is 1. The van der Waals surface area contributed by atoms with Crippen LogP contribution < -0.4 is 5.32 Å². The van der Waals surface area contributed by atoms with Crippen LogP contribution in [0.3, 0.4) is 0 Å². The van der Waals surface area contributed by atoms with Crippen LogP contribution in [0.15, 0.2) is 23.1 Å². The second-order valence-electron chi connectivity index (χ2n) is 7.05. The minimum Gasteiger partial charge on any atom is -0.379 e. The zero-order valence-corrected chi connectivity index (χ0v) is 16.8. The van der Waals surface area contributed by atoms with E-state index in [1.807, 2.05) is 11.5 Å². The number of morpholine rings is 1. The summed E-state index contributed by atoms with van der Waals surface area (Å²) in [5.41, 5.74) is 0.0170. The Balaban J connectivity index is 1.69. The van der Waals surface area contributed by atoms with Gasteiger partial charge in [-0.05, 0) is 19.4 Å². The first-order chi connectivity index (χ1) is 13.9. The van der Waals surface area contributed by atoms with E-state index in [1.165, 1.54) is 16.4 Å². The summed E-state index contributed by atoms with van der Waals surface area (Å²) in [5.74, 6) is 1.63. The van der Waals surface area contributed by atoms with Crippen molar-refractivity contribution in [1.82, 2.24) is 19.1 Å². The molecule has 4 rings (SSSR count). The zero-order chi connectivity index (χ0) is 20.6. The molecule has 0 saturated carbocycles. The summed E-state index contributed by atoms with van der Waals surface area (Å²) < 4.78 is 35.0. The summed E-state index contributed by atoms with van der Waals surface area (Å²) in [6, 6.07) is 3.51. The molecule has 0 aliphatic carbocycles. The lowest BCUT2D eigenvalue weighted by Crippen LogP contribution is -2.40. The summed E-state index contributed by atoms with van der Waals surface area (Å²) >= 11 is 0. The van der Waals surface area contributed by atoms with Gasteiger partial charge in [-0.1, -0.05) is 0 Å². The topological polar surface area (TPSA) is 132 Å². The van der Waals surface area contributed by atoms with Crippen LogP contribution in [-0.2, 0) is 27.7 Å². The van der Waals surface area contributed by atoms with E-state index in [0.717, 1.165) is 31.3 Å². The Morgan fingerprint density at radius 1 is 1.24 bits per heavy atom. The third-order valence-electron chi connectivity index (χ3n) is 5.16. The Morgan fingerprint density at radius 2 is 2.00 bits per heavy atom. The van der Waals surface area contributed by atoms with Crippen molar-refractivity contribution >= 4 is 21.4 Å². The normalized spacial score (nSPS) is 18.4. The number of aryl methyl sites for hydroxylation is 1. The van der Waals surface area contributed by atoms with E-state index < -0.39 is 14.9 Å². The second kappa shape index (κ2) is 7.69. The fourth-order valence-electron chi connectivity index (χ4n) is 3.67. The Morgan fingerprint density at radius 3 is 2.72 bits per heavy atom. The molecule has 1 fully saturated rings. The second-order valence-corrected chi connectivity index (χ2v) is 8.96. The molecule has 1 atom stereocenters. The van der Waals surface area contributed by atoms with Crippen LogP contribution in [0.2, 0.25) is 0 Å². The molecular formula is C17H22N6O5S. The highest BCUT2D eigenvalue weighted by Crippen LogP contribution is 2.32. The number of rotatable bonds is 6. The van der Waals surface area contributed by atoms with Gasteiger partial charge in [0.15, 0.2) is 5.82 Å². The molecule has 3 heterocycles. The number of nitro groups is 1. The van der Waals surface area contributed by atoms with Gasteiger partial charge in [-0.3, -0.25) is 10.1 Å². The van der Waals surface area contributed by atoms with Crippen molar-refractivity contribution in [1.29, 1.82) is 0 Å². The zero-order valence-electron chi connectivity index (χ0n) is 15.9. The molecule has 1 aromatic carbocycles. The molecule has 0 bridgehead atoms. The molecule has 1 aromatic heterocycles. The van der Waals surface area contributed by atoms with Crippen LogP contribution in [0.4, 0.5) is 11.4 Å². The Labute approximate surface area is 167 Å². The third-order valence-corrected chi connectivity index (χ3v) is 7.10. The Hall–Kier alpha value is -2.57. The number of hydrogen-bond donors (Lipinski definition) is 1. The predicted molar refractivity (Wildman–Crippen MR) is 103 cm³/mol. The summed E-state index contributed by atoms with van der Waals surface area (Å²) in [5, 5.41) is 22.8. The lowest BCUT2D eigenvalue weighted by molar-refractivity contribution is -0.385. The number of nitro benzene ring substituents is 1. The van der Waals surface area contributed by atoms with Crippen molar-refractivity contribution in [2.24, 2.45) is 0 Å². The van der Waals surface area contributed by atoms with Crippen molar-refractivity contribution in [3.63, 3.8) is 0 Å². The van der Waals surface area contributed by atoms with E-state index in [1.54, 1.807) is 0 Å². The molecule has 2 aliphatic heterocycles. The summed E-state index contributed by atoms with van der Waals surface area (Å²) in [7, 11) is -3.93. The predicted octanol–water partition coefficient (Wildman–Crippen LogP) is 1.33. The highest BCUT2D eigenvalue weighted by molar-refractivity contribution is 7.89. The number of sulfonamides is 1. The van der Waals surface area contributed by atoms with Crippen LogP contribution in [0.5, 0.6) is 0 Å². The fraction of sp³-hybridized carbons (Fsp3) is 0.529. The number of non-ortho nitro benzene ring substituents is 1. The van der Waals surface area contributed by atoms with E-state index in [0.29, 0.717) is 24.7 Å². The lowest BCUT2D eigenvalue weighted by Gasteiger charge is -2.27. The van der Waals surface area contributed by atoms with Gasteiger partial charge >= 0.3 is 0 Å². The largest absolute Gasteiger partial charge is 0.379 e. The van der Waals surface area contributed by atoms with Crippen molar-refractivity contribution in [3.05, 3.63) is 40.0 Å². The summed E-state index contributed by atoms with van der Waals surface area (Å²) in [6.07, 6.45) is 1.87. The number of anilines is 1. The van der Waals surface area contributed by atoms with Gasteiger partial charge in [0.1, 0.15) is 10.7 Å². The third kappa shape index (κ3) is 3.70. The number of nitrogens with one attached hydrogen (secondary N) is 1. The van der Waals surface area contributed by atoms with Gasteiger partial charge < -0.3 is 14.6 Å². The summed E-state index contributed by atoms with van der Waals surface area (Å²) in [4.78, 5) is 10.5. The number of hydrogen-bond acceptors (Lipinski definition) is 8. The first-order valence-corrected chi connectivity index (χ1v) is 10.9. The lowest BCUT2D eigenvalue weighted by atomic mass is 10.2. The number of nitrogens with zero attached hydrogens (tertiary/aromatic N) is 5. The fourth-order valence-corrected chi connectivity index (χ4v) is 5.26. The summed E-state index contributed by atoms with van der Waals surface area (Å²) in [6.45, 7) is 3.68. The number of aromatic nitrogens is 3. The quantitative estimate of drug-likeness (QED) is 0.544. The van der Waals surface area contributed by atoms with Gasteiger partial charge in [0.2, 0.25) is 10.0 Å². The van der Waals surface area contributed by atoms with Crippen molar-refractivity contribution < 1.29 is 18.1 Å². The molecule has 29 heavy (non-hydrogen) atoms. The van der Waals surface area contributed by atoms with Crippen LogP contribution in [0.1, 0.15) is 31.0 Å². The molecule has 12 heteroatoms. The minimum absolute atomic E-state index is 0.124. The number of benzene rings is 1. The van der Waals surface area contributed by atoms with Gasteiger partial charge in [-0.15, -0.1) is 10.2 Å². The highest BCUT2D eigenvalue weighted by atomic mass is 32.2. The smallest absolute Gasteiger partial charge is 0.270 e. The van der Waals surface area contributed by atoms with Gasteiger partial charge in [0.05, 0.1) is 29.9 Å². The molecule has 156 valence electrons. The maximum Gasteiger partial charge on any atom is 0.270 e. The van der Waals surface area contributed by atoms with E-state index in [4.69, 9.17) is 4.74 Å². The van der Waals surface area contributed by atoms with Crippen LogP contribution >= 0.6 is 0 Å². The van der Waals surface area contributed by atoms with Crippen molar-refractivity contribution in [3.8, 4) is 0 Å². The molecule has 0 amide bonds. The average Bonchev–Trinajstić information content (AvgIpc) is 3.32. The molecule has 11 nitrogen and oxygen atoms in total. The van der Waals surface area contributed by atoms with Crippen molar-refractivity contribution in [2.75, 3.05) is 31.6 Å². The Kier molecular flexibility index (Phi) is 5.23. The van der Waals surface area contributed by atoms with Gasteiger partial charge in [-0.25, -0.2) is 8.42 Å². The first-order valence-electron chi connectivity index (χ1n) is 9.43. The van der Waals surface area contributed by atoms with Gasteiger partial charge in [-0.2, -0.15) is 4.31 Å². The van der Waals surface area contributed by atoms with Crippen LogP contribution in [0, 0.1) is 10.1 Å².